The van der Waals surface area contributed by atoms with Crippen molar-refractivity contribution >= 4 is 23.9 Å². The fraction of sp³-hybridized carbons (Fsp3) is 0.120. The van der Waals surface area contributed by atoms with Crippen LogP contribution in [0.5, 0.6) is 11.5 Å². The molecule has 0 spiro atoms. The molecule has 3 rings (SSSR count). The number of rotatable bonds is 6. The molecule has 0 saturated heterocycles. The zero-order valence-corrected chi connectivity index (χ0v) is 18.1. The molecule has 0 bridgehead atoms. The summed E-state index contributed by atoms with van der Waals surface area (Å²) in [5.74, 6) is -3.14. The minimum absolute atomic E-state index is 0.0204. The van der Waals surface area contributed by atoms with Gasteiger partial charge in [0.1, 0.15) is 22.6 Å². The van der Waals surface area contributed by atoms with Gasteiger partial charge in [-0.15, -0.1) is 0 Å². The smallest absolute Gasteiger partial charge is 0.344 e. The van der Waals surface area contributed by atoms with Gasteiger partial charge in [0.25, 0.3) is 0 Å². The number of ether oxygens (including phenoxy) is 4. The fourth-order valence-corrected chi connectivity index (χ4v) is 3.08. The van der Waals surface area contributed by atoms with E-state index in [1.165, 1.54) is 44.6 Å². The third-order valence-corrected chi connectivity index (χ3v) is 4.69. The molecule has 3 aromatic rings. The Bertz CT molecular complexity index is 1230. The Morgan fingerprint density at radius 3 is 1.52 bits per heavy atom. The summed E-state index contributed by atoms with van der Waals surface area (Å²) in [5, 5.41) is 0. The maximum Gasteiger partial charge on any atom is 0.344 e. The highest BCUT2D eigenvalue weighted by molar-refractivity contribution is 6.06. The Balaban J connectivity index is 1.95. The summed E-state index contributed by atoms with van der Waals surface area (Å²) in [6.07, 6.45) is 0. The van der Waals surface area contributed by atoms with Gasteiger partial charge in [0.2, 0.25) is 0 Å². The number of benzene rings is 3. The lowest BCUT2D eigenvalue weighted by atomic mass is 10.0. The van der Waals surface area contributed by atoms with Gasteiger partial charge in [-0.05, 0) is 42.8 Å². The molecule has 0 heterocycles. The SMILES string of the molecule is COC(=O)c1ccccc1OC(=O)c1cccc(C)c1C(=O)Oc1ccccc1C(=O)OC. The first-order valence-corrected chi connectivity index (χ1v) is 9.76. The predicted octanol–water partition coefficient (Wildman–Crippen LogP) is 4.01. The van der Waals surface area contributed by atoms with E-state index in [1.807, 2.05) is 0 Å². The van der Waals surface area contributed by atoms with Crippen molar-refractivity contribution in [1.29, 1.82) is 0 Å². The van der Waals surface area contributed by atoms with Crippen LogP contribution in [0, 0.1) is 6.92 Å². The van der Waals surface area contributed by atoms with E-state index in [0.717, 1.165) is 0 Å². The van der Waals surface area contributed by atoms with Gasteiger partial charge in [-0.25, -0.2) is 19.2 Å². The molecule has 8 nitrogen and oxygen atoms in total. The Morgan fingerprint density at radius 2 is 1.00 bits per heavy atom. The van der Waals surface area contributed by atoms with Crippen LogP contribution in [0.3, 0.4) is 0 Å². The molecular formula is C25H20O8. The molecule has 0 fully saturated rings. The zero-order valence-electron chi connectivity index (χ0n) is 18.1. The van der Waals surface area contributed by atoms with Crippen molar-refractivity contribution in [1.82, 2.24) is 0 Å². The molecule has 33 heavy (non-hydrogen) atoms. The van der Waals surface area contributed by atoms with E-state index in [1.54, 1.807) is 43.3 Å². The van der Waals surface area contributed by atoms with E-state index in [9.17, 15) is 19.2 Å². The fourth-order valence-electron chi connectivity index (χ4n) is 3.08. The summed E-state index contributed by atoms with van der Waals surface area (Å²) >= 11 is 0. The summed E-state index contributed by atoms with van der Waals surface area (Å²) < 4.78 is 20.3. The number of carbonyl (C=O) groups excluding carboxylic acids is 4. The van der Waals surface area contributed by atoms with E-state index >= 15 is 0 Å². The largest absolute Gasteiger partial charge is 0.465 e. The van der Waals surface area contributed by atoms with Gasteiger partial charge >= 0.3 is 23.9 Å². The minimum Gasteiger partial charge on any atom is -0.465 e. The quantitative estimate of drug-likeness (QED) is 0.412. The highest BCUT2D eigenvalue weighted by atomic mass is 16.6. The lowest BCUT2D eigenvalue weighted by Crippen LogP contribution is -2.20. The van der Waals surface area contributed by atoms with Crippen molar-refractivity contribution in [2.24, 2.45) is 0 Å². The number of hydrogen-bond acceptors (Lipinski definition) is 8. The Hall–Kier alpha value is -4.46. The van der Waals surface area contributed by atoms with Gasteiger partial charge in [0.05, 0.1) is 25.3 Å². The molecule has 0 saturated carbocycles. The predicted molar refractivity (Wildman–Crippen MR) is 117 cm³/mol. The Morgan fingerprint density at radius 1 is 0.545 bits per heavy atom. The van der Waals surface area contributed by atoms with Crippen LogP contribution >= 0.6 is 0 Å². The summed E-state index contributed by atoms with van der Waals surface area (Å²) in [7, 11) is 2.42. The molecule has 168 valence electrons. The molecule has 3 aromatic carbocycles. The Labute approximate surface area is 189 Å². The minimum atomic E-state index is -0.872. The highest BCUT2D eigenvalue weighted by Crippen LogP contribution is 2.25. The van der Waals surface area contributed by atoms with Crippen LogP contribution in [0.2, 0.25) is 0 Å². The summed E-state index contributed by atoms with van der Waals surface area (Å²) in [5.41, 5.74) is 0.439. The van der Waals surface area contributed by atoms with Gasteiger partial charge in [-0.2, -0.15) is 0 Å². The molecule has 0 aliphatic carbocycles. The zero-order chi connectivity index (χ0) is 24.0. The maximum absolute atomic E-state index is 13.0. The molecule has 0 unspecified atom stereocenters. The first kappa shape index (κ1) is 23.2. The van der Waals surface area contributed by atoms with E-state index in [0.29, 0.717) is 5.56 Å². The topological polar surface area (TPSA) is 105 Å². The second-order valence-electron chi connectivity index (χ2n) is 6.75. The van der Waals surface area contributed by atoms with Gasteiger partial charge in [-0.3, -0.25) is 0 Å². The van der Waals surface area contributed by atoms with Gasteiger partial charge in [0, 0.05) is 0 Å². The van der Waals surface area contributed by atoms with Crippen molar-refractivity contribution in [3.8, 4) is 11.5 Å². The number of esters is 4. The van der Waals surface area contributed by atoms with Gasteiger partial charge < -0.3 is 18.9 Å². The van der Waals surface area contributed by atoms with Crippen LogP contribution < -0.4 is 9.47 Å². The molecule has 0 aliphatic rings. The molecule has 0 atom stereocenters. The third-order valence-electron chi connectivity index (χ3n) is 4.69. The van der Waals surface area contributed by atoms with Crippen LogP contribution in [0.15, 0.2) is 66.7 Å². The van der Waals surface area contributed by atoms with Crippen LogP contribution in [-0.4, -0.2) is 38.1 Å². The van der Waals surface area contributed by atoms with Crippen LogP contribution in [0.4, 0.5) is 0 Å². The third kappa shape index (κ3) is 5.07. The number of methoxy groups -OCH3 is 2. The van der Waals surface area contributed by atoms with Crippen molar-refractivity contribution in [2.75, 3.05) is 14.2 Å². The second-order valence-corrected chi connectivity index (χ2v) is 6.75. The van der Waals surface area contributed by atoms with Crippen LogP contribution in [0.1, 0.15) is 47.0 Å². The van der Waals surface area contributed by atoms with Crippen molar-refractivity contribution < 1.29 is 38.1 Å². The second kappa shape index (κ2) is 10.2. The first-order valence-electron chi connectivity index (χ1n) is 9.76. The molecule has 0 amide bonds. The van der Waals surface area contributed by atoms with Crippen molar-refractivity contribution in [3.05, 3.63) is 94.5 Å². The van der Waals surface area contributed by atoms with Crippen molar-refractivity contribution in [3.63, 3.8) is 0 Å². The van der Waals surface area contributed by atoms with Gasteiger partial charge in [0.15, 0.2) is 0 Å². The van der Waals surface area contributed by atoms with E-state index in [4.69, 9.17) is 18.9 Å². The monoisotopic (exact) mass is 448 g/mol. The molecule has 0 aliphatic heterocycles. The van der Waals surface area contributed by atoms with Crippen LogP contribution in [0.25, 0.3) is 0 Å². The number of aryl methyl sites for hydroxylation is 1. The average Bonchev–Trinajstić information content (AvgIpc) is 2.83. The average molecular weight is 448 g/mol. The number of hydrogen-bond donors (Lipinski definition) is 0. The van der Waals surface area contributed by atoms with Crippen LogP contribution in [-0.2, 0) is 9.47 Å². The molecule has 0 N–H and O–H groups in total. The summed E-state index contributed by atoms with van der Waals surface area (Å²) in [4.78, 5) is 50.0. The normalized spacial score (nSPS) is 10.2. The van der Waals surface area contributed by atoms with E-state index < -0.39 is 23.9 Å². The highest BCUT2D eigenvalue weighted by Gasteiger charge is 2.25. The lowest BCUT2D eigenvalue weighted by Gasteiger charge is -2.14. The lowest BCUT2D eigenvalue weighted by molar-refractivity contribution is 0.0576. The summed E-state index contributed by atoms with van der Waals surface area (Å²) in [6.45, 7) is 1.63. The van der Waals surface area contributed by atoms with E-state index in [2.05, 4.69) is 0 Å². The number of carbonyl (C=O) groups is 4. The molecular weight excluding hydrogens is 428 g/mol. The van der Waals surface area contributed by atoms with Crippen molar-refractivity contribution in [2.45, 2.75) is 6.92 Å². The standard InChI is InChI=1S/C25H20O8/c1-15-9-8-12-18(24(28)32-19-13-6-4-10-16(19)22(26)30-2)21(15)25(29)33-20-14-7-5-11-17(20)23(27)31-3/h4-14H,1-3H3. The number of para-hydroxylation sites is 2. The molecule has 0 radical (unpaired) electrons. The Kier molecular flexibility index (Phi) is 7.20. The maximum atomic E-state index is 13.0. The van der Waals surface area contributed by atoms with Gasteiger partial charge in [-0.1, -0.05) is 36.4 Å². The molecule has 0 aromatic heterocycles. The summed E-state index contributed by atoms with van der Waals surface area (Å²) in [6, 6.07) is 16.7. The van der Waals surface area contributed by atoms with E-state index in [-0.39, 0.29) is 33.8 Å². The first-order chi connectivity index (χ1) is 15.9. The molecule has 8 heteroatoms.